The number of nitrogens with one attached hydrogen (secondary N) is 2. The molecule has 0 unspecified atom stereocenters. The highest BCUT2D eigenvalue weighted by Crippen LogP contribution is 2.49. The average Bonchev–Trinajstić information content (AvgIpc) is 3.62. The third-order valence-electron chi connectivity index (χ3n) is 8.50. The fourth-order valence-corrected chi connectivity index (χ4v) is 7.10. The maximum Gasteiger partial charge on any atom is 0.501 e. The number of aliphatic carboxylic acids is 1. The lowest BCUT2D eigenvalue weighted by Gasteiger charge is -2.31. The van der Waals surface area contributed by atoms with Gasteiger partial charge in [0.2, 0.25) is 5.91 Å². The number of aromatic nitrogens is 1. The Morgan fingerprint density at radius 2 is 1.80 bits per heavy atom. The quantitative estimate of drug-likeness (QED) is 0.257. The number of anilines is 1. The Bertz CT molecular complexity index is 1780. The van der Waals surface area contributed by atoms with E-state index < -0.39 is 55.8 Å². The van der Waals surface area contributed by atoms with E-state index in [1.807, 2.05) is 0 Å². The molecule has 2 fully saturated rings. The standard InChI is InChI=1S/C31H29F4N3O7S/c1-45-25-14-24(32)22(18-7-8-19(36-15-18)9-10-26(39)40)13-23(25)29(41)38-28-17-6-5-16(11-17)27(28)30(42)37-20-3-2-4-21(12-20)46(43,44)31(33,34)35/h2-4,7-8,12-17,27-28H,5-6,9-11H2,1H3,(H,37,42)(H,38,41)(H,39,40)/t16-,17+,27+,28-/m1/s1. The molecule has 10 nitrogen and oxygen atoms in total. The number of rotatable bonds is 10. The number of methoxy groups -OCH3 is 1. The number of fused-ring (bicyclic) bond motifs is 2. The molecule has 2 bridgehead atoms. The van der Waals surface area contributed by atoms with Crippen LogP contribution in [0, 0.1) is 23.6 Å². The maximum atomic E-state index is 15.1. The first-order valence-corrected chi connectivity index (χ1v) is 15.8. The van der Waals surface area contributed by atoms with Gasteiger partial charge in [0.15, 0.2) is 0 Å². The molecule has 2 aliphatic rings. The Hall–Kier alpha value is -4.53. The van der Waals surface area contributed by atoms with E-state index in [1.165, 1.54) is 25.4 Å². The van der Waals surface area contributed by atoms with E-state index in [4.69, 9.17) is 9.84 Å². The summed E-state index contributed by atoms with van der Waals surface area (Å²) in [5.41, 5.74) is -4.80. The Balaban J connectivity index is 1.37. The molecular weight excluding hydrogens is 634 g/mol. The summed E-state index contributed by atoms with van der Waals surface area (Å²) < 4.78 is 83.4. The number of halogens is 4. The summed E-state index contributed by atoms with van der Waals surface area (Å²) in [5, 5.41) is 14.3. The summed E-state index contributed by atoms with van der Waals surface area (Å²) in [6.07, 6.45) is 3.47. The molecule has 244 valence electrons. The van der Waals surface area contributed by atoms with Crippen LogP contribution in [-0.2, 0) is 25.8 Å². The predicted molar refractivity (Wildman–Crippen MR) is 156 cm³/mol. The van der Waals surface area contributed by atoms with Gasteiger partial charge in [-0.15, -0.1) is 0 Å². The molecule has 15 heteroatoms. The molecular formula is C31H29F4N3O7S. The number of carbonyl (C=O) groups is 3. The Labute approximate surface area is 261 Å². The lowest BCUT2D eigenvalue weighted by atomic mass is 9.83. The van der Waals surface area contributed by atoms with Crippen molar-refractivity contribution < 1.29 is 50.2 Å². The van der Waals surface area contributed by atoms with E-state index in [1.54, 1.807) is 12.1 Å². The second kappa shape index (κ2) is 12.7. The smallest absolute Gasteiger partial charge is 0.496 e. The number of ether oxygens (including phenoxy) is 1. The molecule has 2 aliphatic carbocycles. The van der Waals surface area contributed by atoms with Crippen molar-refractivity contribution in [3.8, 4) is 16.9 Å². The summed E-state index contributed by atoms with van der Waals surface area (Å²) in [6, 6.07) is 8.69. The van der Waals surface area contributed by atoms with Gasteiger partial charge < -0.3 is 20.5 Å². The molecule has 0 radical (unpaired) electrons. The van der Waals surface area contributed by atoms with Crippen molar-refractivity contribution in [2.75, 3.05) is 12.4 Å². The highest BCUT2D eigenvalue weighted by Gasteiger charge is 2.52. The van der Waals surface area contributed by atoms with Crippen LogP contribution < -0.4 is 15.4 Å². The van der Waals surface area contributed by atoms with Gasteiger partial charge in [-0.1, -0.05) is 12.1 Å². The number of hydrogen-bond acceptors (Lipinski definition) is 7. The van der Waals surface area contributed by atoms with Crippen LogP contribution in [0.3, 0.4) is 0 Å². The minimum Gasteiger partial charge on any atom is -0.496 e. The molecule has 2 aromatic carbocycles. The van der Waals surface area contributed by atoms with Crippen LogP contribution >= 0.6 is 0 Å². The predicted octanol–water partition coefficient (Wildman–Crippen LogP) is 4.99. The lowest BCUT2D eigenvalue weighted by molar-refractivity contribution is -0.137. The molecule has 0 spiro atoms. The molecule has 3 aromatic rings. The van der Waals surface area contributed by atoms with Gasteiger partial charge in [-0.25, -0.2) is 12.8 Å². The first kappa shape index (κ1) is 32.9. The van der Waals surface area contributed by atoms with Crippen molar-refractivity contribution in [1.29, 1.82) is 0 Å². The van der Waals surface area contributed by atoms with Gasteiger partial charge in [0, 0.05) is 47.2 Å². The molecule has 2 amide bonds. The zero-order chi connectivity index (χ0) is 33.4. The van der Waals surface area contributed by atoms with E-state index in [0.29, 0.717) is 24.1 Å². The number of alkyl halides is 3. The molecule has 0 aliphatic heterocycles. The van der Waals surface area contributed by atoms with Crippen LogP contribution in [0.2, 0.25) is 0 Å². The zero-order valence-electron chi connectivity index (χ0n) is 24.3. The van der Waals surface area contributed by atoms with E-state index in [0.717, 1.165) is 30.7 Å². The largest absolute Gasteiger partial charge is 0.501 e. The topological polar surface area (TPSA) is 152 Å². The van der Waals surface area contributed by atoms with Crippen molar-refractivity contribution in [2.45, 2.75) is 48.5 Å². The number of benzene rings is 2. The molecule has 0 saturated heterocycles. The monoisotopic (exact) mass is 663 g/mol. The third-order valence-corrected chi connectivity index (χ3v) is 9.98. The molecule has 46 heavy (non-hydrogen) atoms. The van der Waals surface area contributed by atoms with Crippen LogP contribution in [-0.4, -0.2) is 55.0 Å². The normalized spacial score (nSPS) is 20.7. The van der Waals surface area contributed by atoms with Gasteiger partial charge >= 0.3 is 11.5 Å². The number of pyridine rings is 1. The summed E-state index contributed by atoms with van der Waals surface area (Å²) in [6.45, 7) is 0. The molecule has 5 rings (SSSR count). The van der Waals surface area contributed by atoms with Crippen LogP contribution in [0.1, 0.15) is 41.7 Å². The summed E-state index contributed by atoms with van der Waals surface area (Å²) in [7, 11) is -4.36. The second-order valence-electron chi connectivity index (χ2n) is 11.3. The number of aryl methyl sites for hydroxylation is 1. The Morgan fingerprint density at radius 3 is 2.46 bits per heavy atom. The number of carboxylic acid groups (broad SMARTS) is 1. The molecule has 3 N–H and O–H groups in total. The van der Waals surface area contributed by atoms with Gasteiger partial charge in [0.05, 0.1) is 29.9 Å². The van der Waals surface area contributed by atoms with Crippen molar-refractivity contribution in [1.82, 2.24) is 10.3 Å². The number of amides is 2. The van der Waals surface area contributed by atoms with Crippen molar-refractivity contribution >= 4 is 33.3 Å². The van der Waals surface area contributed by atoms with E-state index in [-0.39, 0.29) is 47.2 Å². The van der Waals surface area contributed by atoms with Crippen molar-refractivity contribution in [3.05, 3.63) is 71.8 Å². The van der Waals surface area contributed by atoms with Crippen molar-refractivity contribution in [3.63, 3.8) is 0 Å². The lowest BCUT2D eigenvalue weighted by Crippen LogP contribution is -2.48. The fraction of sp³-hybridized carbons (Fsp3) is 0.355. The number of hydrogen-bond donors (Lipinski definition) is 3. The Kier molecular flexibility index (Phi) is 9.07. The van der Waals surface area contributed by atoms with Gasteiger partial charge in [0.25, 0.3) is 15.7 Å². The van der Waals surface area contributed by atoms with Crippen LogP contribution in [0.15, 0.2) is 59.6 Å². The number of carboxylic acids is 1. The van der Waals surface area contributed by atoms with Gasteiger partial charge in [-0.05, 0) is 61.4 Å². The first-order valence-electron chi connectivity index (χ1n) is 14.3. The van der Waals surface area contributed by atoms with E-state index in [2.05, 4.69) is 15.6 Å². The van der Waals surface area contributed by atoms with Gasteiger partial charge in [0.1, 0.15) is 11.6 Å². The van der Waals surface area contributed by atoms with Gasteiger partial charge in [-0.3, -0.25) is 19.4 Å². The highest BCUT2D eigenvalue weighted by molar-refractivity contribution is 7.92. The molecule has 4 atom stereocenters. The van der Waals surface area contributed by atoms with E-state index >= 15 is 4.39 Å². The SMILES string of the molecule is COc1cc(F)c(-c2ccc(CCC(=O)O)nc2)cc1C(=O)N[C@@H]1[C@H]2CC[C@H](C2)[C@@H]1C(=O)Nc1cccc(S(=O)(=O)C(F)(F)F)c1. The van der Waals surface area contributed by atoms with Crippen LogP contribution in [0.5, 0.6) is 5.75 Å². The van der Waals surface area contributed by atoms with E-state index in [9.17, 15) is 36.0 Å². The number of sulfone groups is 1. The molecule has 2 saturated carbocycles. The Morgan fingerprint density at radius 1 is 1.07 bits per heavy atom. The second-order valence-corrected chi connectivity index (χ2v) is 13.2. The third kappa shape index (κ3) is 6.55. The summed E-state index contributed by atoms with van der Waals surface area (Å²) in [4.78, 5) is 41.1. The maximum absolute atomic E-state index is 15.1. The summed E-state index contributed by atoms with van der Waals surface area (Å²) in [5.74, 6) is -3.93. The van der Waals surface area contributed by atoms with Crippen LogP contribution in [0.4, 0.5) is 23.2 Å². The highest BCUT2D eigenvalue weighted by atomic mass is 32.2. The fourth-order valence-electron chi connectivity index (χ4n) is 6.29. The zero-order valence-corrected chi connectivity index (χ0v) is 25.1. The van der Waals surface area contributed by atoms with Crippen molar-refractivity contribution in [2.24, 2.45) is 17.8 Å². The first-order chi connectivity index (χ1) is 21.7. The number of nitrogens with zero attached hydrogens (tertiary/aromatic N) is 1. The minimum absolute atomic E-state index is 0.0131. The average molecular weight is 664 g/mol. The molecule has 1 heterocycles. The summed E-state index contributed by atoms with van der Waals surface area (Å²) >= 11 is 0. The minimum atomic E-state index is -5.63. The molecule has 1 aromatic heterocycles. The van der Waals surface area contributed by atoms with Crippen LogP contribution in [0.25, 0.3) is 11.1 Å². The number of carbonyl (C=O) groups excluding carboxylic acids is 2. The van der Waals surface area contributed by atoms with Gasteiger partial charge in [-0.2, -0.15) is 13.2 Å².